The summed E-state index contributed by atoms with van der Waals surface area (Å²) in [6.45, 7) is -0.0794. The number of alkyl halides is 3. The van der Waals surface area contributed by atoms with Crippen LogP contribution in [0, 0.1) is 5.82 Å². The van der Waals surface area contributed by atoms with E-state index in [1.165, 1.54) is 40.2 Å². The summed E-state index contributed by atoms with van der Waals surface area (Å²) >= 11 is 2.15. The third-order valence-electron chi connectivity index (χ3n) is 4.62. The van der Waals surface area contributed by atoms with Gasteiger partial charge in [-0.05, 0) is 35.7 Å². The minimum Gasteiger partial charge on any atom is -0.325 e. The van der Waals surface area contributed by atoms with E-state index in [0.717, 1.165) is 23.9 Å². The first-order valence-corrected chi connectivity index (χ1v) is 11.4. The molecule has 11 heteroatoms. The van der Waals surface area contributed by atoms with Crippen molar-refractivity contribution in [1.29, 1.82) is 0 Å². The predicted molar refractivity (Wildman–Crippen MR) is 120 cm³/mol. The van der Waals surface area contributed by atoms with Crippen LogP contribution in [0.5, 0.6) is 0 Å². The van der Waals surface area contributed by atoms with E-state index in [1.54, 1.807) is 23.6 Å². The van der Waals surface area contributed by atoms with E-state index in [-0.39, 0.29) is 34.3 Å². The number of thioether (sulfide) groups is 1. The van der Waals surface area contributed by atoms with E-state index in [0.29, 0.717) is 10.2 Å². The third-order valence-corrected chi connectivity index (χ3v) is 6.49. The van der Waals surface area contributed by atoms with E-state index < -0.39 is 23.5 Å². The lowest BCUT2D eigenvalue weighted by atomic mass is 10.2. The van der Waals surface area contributed by atoms with Gasteiger partial charge >= 0.3 is 6.18 Å². The Labute approximate surface area is 193 Å². The first-order valence-electron chi connectivity index (χ1n) is 9.54. The van der Waals surface area contributed by atoms with Gasteiger partial charge in [0.05, 0.1) is 23.4 Å². The Bertz CT molecular complexity index is 1380. The van der Waals surface area contributed by atoms with Gasteiger partial charge in [-0.15, -0.1) is 11.3 Å². The molecule has 1 N–H and O–H groups in total. The summed E-state index contributed by atoms with van der Waals surface area (Å²) in [6.07, 6.45) is -4.53. The summed E-state index contributed by atoms with van der Waals surface area (Å²) in [5.74, 6) is -1.26. The molecular formula is C22H15F4N3O2S2. The number of fused-ring (bicyclic) bond motifs is 1. The number of hydrogen-bond donors (Lipinski definition) is 1. The molecule has 2 aromatic carbocycles. The van der Waals surface area contributed by atoms with Crippen molar-refractivity contribution in [2.45, 2.75) is 17.9 Å². The van der Waals surface area contributed by atoms with Gasteiger partial charge in [-0.3, -0.25) is 14.2 Å². The van der Waals surface area contributed by atoms with Gasteiger partial charge in [0.15, 0.2) is 5.16 Å². The Kier molecular flexibility index (Phi) is 6.52. The quantitative estimate of drug-likeness (QED) is 0.222. The Morgan fingerprint density at radius 2 is 1.91 bits per heavy atom. The molecule has 2 heterocycles. The van der Waals surface area contributed by atoms with Crippen LogP contribution in [-0.4, -0.2) is 21.2 Å². The maximum absolute atomic E-state index is 14.2. The summed E-state index contributed by atoms with van der Waals surface area (Å²) < 4.78 is 54.5. The molecule has 0 radical (unpaired) electrons. The number of anilines is 1. The van der Waals surface area contributed by atoms with Crippen LogP contribution < -0.4 is 10.9 Å². The van der Waals surface area contributed by atoms with Gasteiger partial charge in [0.2, 0.25) is 5.91 Å². The number of thiophene rings is 1. The monoisotopic (exact) mass is 493 g/mol. The minimum atomic E-state index is -4.53. The molecule has 0 aliphatic rings. The zero-order valence-corrected chi connectivity index (χ0v) is 18.4. The summed E-state index contributed by atoms with van der Waals surface area (Å²) in [5, 5.41) is 4.33. The average molecular weight is 494 g/mol. The fourth-order valence-electron chi connectivity index (χ4n) is 3.07. The van der Waals surface area contributed by atoms with E-state index in [1.807, 2.05) is 0 Å². The lowest BCUT2D eigenvalue weighted by Gasteiger charge is -2.13. The van der Waals surface area contributed by atoms with Crippen LogP contribution in [0.4, 0.5) is 23.2 Å². The predicted octanol–water partition coefficient (Wildman–Crippen LogP) is 5.40. The number of nitrogens with one attached hydrogen (secondary N) is 1. The number of carbonyl (C=O) groups is 1. The zero-order valence-electron chi connectivity index (χ0n) is 16.7. The number of nitrogens with zero attached hydrogens (tertiary/aromatic N) is 2. The molecule has 0 atom stereocenters. The summed E-state index contributed by atoms with van der Waals surface area (Å²) in [5.41, 5.74) is -0.501. The van der Waals surface area contributed by atoms with Crippen molar-refractivity contribution >= 4 is 44.9 Å². The molecule has 4 aromatic rings. The third kappa shape index (κ3) is 5.25. The highest BCUT2D eigenvalue weighted by atomic mass is 32.2. The largest absolute Gasteiger partial charge is 0.416 e. The van der Waals surface area contributed by atoms with Gasteiger partial charge in [0, 0.05) is 11.3 Å². The van der Waals surface area contributed by atoms with Gasteiger partial charge in [-0.25, -0.2) is 9.37 Å². The second kappa shape index (κ2) is 9.36. The fraction of sp³-hybridized carbons (Fsp3) is 0.136. The van der Waals surface area contributed by atoms with Crippen molar-refractivity contribution in [2.75, 3.05) is 11.1 Å². The highest BCUT2D eigenvalue weighted by Crippen LogP contribution is 2.30. The van der Waals surface area contributed by atoms with Crippen LogP contribution in [0.15, 0.2) is 69.9 Å². The van der Waals surface area contributed by atoms with Gasteiger partial charge in [-0.2, -0.15) is 13.2 Å². The molecule has 1 amide bonds. The number of benzene rings is 2. The number of hydrogen-bond acceptors (Lipinski definition) is 5. The maximum atomic E-state index is 14.2. The SMILES string of the molecule is O=C(CSc1nc2ccsc2c(=O)n1Cc1ccccc1F)Nc1cccc(C(F)(F)F)c1. The molecule has 0 saturated heterocycles. The van der Waals surface area contributed by atoms with Crippen molar-refractivity contribution in [3.8, 4) is 0 Å². The first kappa shape index (κ1) is 23.0. The summed E-state index contributed by atoms with van der Waals surface area (Å²) in [4.78, 5) is 29.8. The molecule has 2 aromatic heterocycles. The van der Waals surface area contributed by atoms with Crippen molar-refractivity contribution in [3.63, 3.8) is 0 Å². The van der Waals surface area contributed by atoms with Crippen molar-refractivity contribution in [2.24, 2.45) is 0 Å². The Balaban J connectivity index is 1.56. The second-order valence-electron chi connectivity index (χ2n) is 6.93. The van der Waals surface area contributed by atoms with Crippen LogP contribution >= 0.6 is 23.1 Å². The van der Waals surface area contributed by atoms with Gasteiger partial charge in [-0.1, -0.05) is 36.0 Å². The highest BCUT2D eigenvalue weighted by molar-refractivity contribution is 7.99. The fourth-order valence-corrected chi connectivity index (χ4v) is 4.65. The Hall–Kier alpha value is -3.18. The average Bonchev–Trinajstić information content (AvgIpc) is 3.24. The lowest BCUT2D eigenvalue weighted by molar-refractivity contribution is -0.137. The van der Waals surface area contributed by atoms with Crippen molar-refractivity contribution in [3.05, 3.63) is 87.3 Å². The van der Waals surface area contributed by atoms with E-state index >= 15 is 0 Å². The van der Waals surface area contributed by atoms with Crippen LogP contribution in [-0.2, 0) is 17.5 Å². The minimum absolute atomic E-state index is 0.000387. The van der Waals surface area contributed by atoms with Crippen molar-refractivity contribution < 1.29 is 22.4 Å². The highest BCUT2D eigenvalue weighted by Gasteiger charge is 2.30. The molecule has 0 bridgehead atoms. The molecule has 0 aliphatic heterocycles. The number of rotatable bonds is 6. The normalized spacial score (nSPS) is 11.6. The molecule has 33 heavy (non-hydrogen) atoms. The molecule has 0 fully saturated rings. The van der Waals surface area contributed by atoms with E-state index in [4.69, 9.17) is 0 Å². The lowest BCUT2D eigenvalue weighted by Crippen LogP contribution is -2.24. The van der Waals surface area contributed by atoms with Gasteiger partial charge in [0.1, 0.15) is 10.5 Å². The van der Waals surface area contributed by atoms with Gasteiger partial charge in [0.25, 0.3) is 5.56 Å². The van der Waals surface area contributed by atoms with E-state index in [9.17, 15) is 27.2 Å². The molecule has 5 nitrogen and oxygen atoms in total. The molecule has 0 saturated carbocycles. The van der Waals surface area contributed by atoms with Gasteiger partial charge < -0.3 is 5.32 Å². The number of carbonyl (C=O) groups excluding carboxylic acids is 1. The number of amides is 1. The smallest absolute Gasteiger partial charge is 0.325 e. The van der Waals surface area contributed by atoms with Crippen LogP contribution in [0.3, 0.4) is 0 Å². The molecule has 0 aliphatic carbocycles. The van der Waals surface area contributed by atoms with Crippen LogP contribution in [0.25, 0.3) is 10.2 Å². The topological polar surface area (TPSA) is 64.0 Å². The molecule has 0 unspecified atom stereocenters. The molecule has 0 spiro atoms. The van der Waals surface area contributed by atoms with E-state index in [2.05, 4.69) is 10.3 Å². The first-order chi connectivity index (χ1) is 15.7. The maximum Gasteiger partial charge on any atom is 0.416 e. The Morgan fingerprint density at radius 1 is 1.12 bits per heavy atom. The van der Waals surface area contributed by atoms with Crippen LogP contribution in [0.2, 0.25) is 0 Å². The second-order valence-corrected chi connectivity index (χ2v) is 8.79. The standard InChI is InChI=1S/C22H15F4N3O2S2/c23-16-7-2-1-4-13(16)11-29-20(31)19-17(8-9-32-19)28-21(29)33-12-18(30)27-15-6-3-5-14(10-15)22(24,25)26/h1-10H,11-12H2,(H,27,30). The number of aromatic nitrogens is 2. The number of halogens is 4. The summed E-state index contributed by atoms with van der Waals surface area (Å²) in [7, 11) is 0. The molecule has 170 valence electrons. The zero-order chi connectivity index (χ0) is 23.6. The molecular weight excluding hydrogens is 478 g/mol. The summed E-state index contributed by atoms with van der Waals surface area (Å²) in [6, 6.07) is 12.0. The Morgan fingerprint density at radius 3 is 2.67 bits per heavy atom. The van der Waals surface area contributed by atoms with Crippen LogP contribution in [0.1, 0.15) is 11.1 Å². The van der Waals surface area contributed by atoms with Crippen molar-refractivity contribution in [1.82, 2.24) is 9.55 Å². The molecule has 4 rings (SSSR count).